The van der Waals surface area contributed by atoms with Gasteiger partial charge in [0.05, 0.1) is 0 Å². The maximum absolute atomic E-state index is 2.51. The Morgan fingerprint density at radius 2 is 1.72 bits per heavy atom. The smallest absolute Gasteiger partial charge is 0.00575 e. The van der Waals surface area contributed by atoms with Crippen LogP contribution in [0.3, 0.4) is 0 Å². The van der Waals surface area contributed by atoms with Crippen LogP contribution in [0.5, 0.6) is 0 Å². The maximum atomic E-state index is 2.51. The van der Waals surface area contributed by atoms with Crippen LogP contribution >= 0.6 is 0 Å². The van der Waals surface area contributed by atoms with Crippen molar-refractivity contribution in [1.29, 1.82) is 0 Å². The summed E-state index contributed by atoms with van der Waals surface area (Å²) in [6, 6.07) is 16.1. The van der Waals surface area contributed by atoms with Crippen LogP contribution in [0.4, 0.5) is 0 Å². The predicted molar refractivity (Wildman–Crippen MR) is 109 cm³/mol. The first kappa shape index (κ1) is 16.6. The molecule has 0 aromatic heterocycles. The van der Waals surface area contributed by atoms with Crippen molar-refractivity contribution in [3.63, 3.8) is 0 Å². The highest BCUT2D eigenvalue weighted by atomic mass is 14.3. The predicted octanol–water partition coefficient (Wildman–Crippen LogP) is 7.22. The first-order chi connectivity index (χ1) is 12.3. The molecule has 25 heavy (non-hydrogen) atoms. The molecular formula is C25H30. The summed E-state index contributed by atoms with van der Waals surface area (Å²) in [4.78, 5) is 0. The van der Waals surface area contributed by atoms with E-state index in [0.29, 0.717) is 0 Å². The molecule has 0 N–H and O–H groups in total. The largest absolute Gasteiger partial charge is 0.0651 e. The highest BCUT2D eigenvalue weighted by molar-refractivity contribution is 5.80. The summed E-state index contributed by atoms with van der Waals surface area (Å²) >= 11 is 0. The van der Waals surface area contributed by atoms with Crippen LogP contribution in [-0.2, 0) is 12.8 Å². The van der Waals surface area contributed by atoms with Crippen LogP contribution in [0.25, 0.3) is 17.2 Å². The fourth-order valence-electron chi connectivity index (χ4n) is 4.72. The van der Waals surface area contributed by atoms with E-state index in [1.54, 1.807) is 5.57 Å². The average molecular weight is 331 g/mol. The van der Waals surface area contributed by atoms with Gasteiger partial charge in [0.15, 0.2) is 0 Å². The van der Waals surface area contributed by atoms with E-state index in [2.05, 4.69) is 55.5 Å². The van der Waals surface area contributed by atoms with Crippen molar-refractivity contribution >= 4 is 6.08 Å². The van der Waals surface area contributed by atoms with E-state index < -0.39 is 0 Å². The van der Waals surface area contributed by atoms with Crippen LogP contribution in [0.2, 0.25) is 0 Å². The quantitative estimate of drug-likeness (QED) is 0.543. The van der Waals surface area contributed by atoms with Crippen LogP contribution in [0, 0.1) is 5.92 Å². The van der Waals surface area contributed by atoms with E-state index >= 15 is 0 Å². The third kappa shape index (κ3) is 3.73. The minimum absolute atomic E-state index is 0.936. The third-order valence-electron chi connectivity index (χ3n) is 6.04. The van der Waals surface area contributed by atoms with E-state index in [9.17, 15) is 0 Å². The van der Waals surface area contributed by atoms with Gasteiger partial charge in [-0.1, -0.05) is 99.6 Å². The van der Waals surface area contributed by atoms with E-state index in [0.717, 1.165) is 5.92 Å². The zero-order valence-electron chi connectivity index (χ0n) is 15.6. The summed E-state index contributed by atoms with van der Waals surface area (Å²) in [6.07, 6.45) is 14.6. The molecule has 0 aliphatic heterocycles. The van der Waals surface area contributed by atoms with Crippen molar-refractivity contribution in [2.45, 2.75) is 64.7 Å². The molecule has 2 aliphatic rings. The highest BCUT2D eigenvalue weighted by Gasteiger charge is 2.20. The zero-order valence-corrected chi connectivity index (χ0v) is 15.6. The summed E-state index contributed by atoms with van der Waals surface area (Å²) in [5, 5.41) is 0. The molecule has 0 unspecified atom stereocenters. The van der Waals surface area contributed by atoms with Gasteiger partial charge in [0.1, 0.15) is 0 Å². The Labute approximate surface area is 153 Å². The van der Waals surface area contributed by atoms with E-state index in [1.807, 2.05) is 0 Å². The molecule has 0 heteroatoms. The first-order valence-corrected chi connectivity index (χ1v) is 10.2. The van der Waals surface area contributed by atoms with Gasteiger partial charge >= 0.3 is 0 Å². The summed E-state index contributed by atoms with van der Waals surface area (Å²) in [5.74, 6) is 0.936. The second-order valence-corrected chi connectivity index (χ2v) is 8.01. The molecule has 2 aromatic rings. The molecular weight excluding hydrogens is 300 g/mol. The lowest BCUT2D eigenvalue weighted by molar-refractivity contribution is 0.355. The fourth-order valence-corrected chi connectivity index (χ4v) is 4.72. The van der Waals surface area contributed by atoms with Crippen LogP contribution in [-0.4, -0.2) is 0 Å². The number of allylic oxidation sites excluding steroid dienone is 1. The SMILES string of the molecule is CCCc1ccc(-c2cccc3c2C=C(CC2CCCCC2)C3)cc1. The monoisotopic (exact) mass is 330 g/mol. The van der Waals surface area contributed by atoms with Crippen molar-refractivity contribution in [2.24, 2.45) is 5.92 Å². The van der Waals surface area contributed by atoms with Gasteiger partial charge in [0, 0.05) is 0 Å². The summed E-state index contributed by atoms with van der Waals surface area (Å²) in [7, 11) is 0. The molecule has 0 saturated heterocycles. The van der Waals surface area contributed by atoms with Gasteiger partial charge in [-0.2, -0.15) is 0 Å². The second kappa shape index (κ2) is 7.60. The lowest BCUT2D eigenvalue weighted by Gasteiger charge is -2.21. The third-order valence-corrected chi connectivity index (χ3v) is 6.04. The van der Waals surface area contributed by atoms with Crippen LogP contribution < -0.4 is 0 Å². The van der Waals surface area contributed by atoms with Crippen molar-refractivity contribution < 1.29 is 0 Å². The number of rotatable bonds is 5. The summed E-state index contributed by atoms with van der Waals surface area (Å²) in [5.41, 5.74) is 8.91. The van der Waals surface area contributed by atoms with Gasteiger partial charge in [-0.25, -0.2) is 0 Å². The Balaban J connectivity index is 1.56. The molecule has 1 saturated carbocycles. The Morgan fingerprint density at radius 1 is 0.920 bits per heavy atom. The number of hydrogen-bond donors (Lipinski definition) is 0. The number of hydrogen-bond acceptors (Lipinski definition) is 0. The Bertz CT molecular complexity index is 742. The highest BCUT2D eigenvalue weighted by Crippen LogP contribution is 2.38. The molecule has 0 heterocycles. The average Bonchev–Trinajstić information content (AvgIpc) is 3.06. The number of aryl methyl sites for hydroxylation is 1. The van der Waals surface area contributed by atoms with Crippen molar-refractivity contribution in [1.82, 2.24) is 0 Å². The minimum Gasteiger partial charge on any atom is -0.0651 e. The van der Waals surface area contributed by atoms with E-state index in [4.69, 9.17) is 0 Å². The minimum atomic E-state index is 0.936. The molecule has 0 amide bonds. The van der Waals surface area contributed by atoms with Crippen LogP contribution in [0.15, 0.2) is 48.0 Å². The lowest BCUT2D eigenvalue weighted by atomic mass is 9.84. The van der Waals surface area contributed by atoms with Gasteiger partial charge in [-0.15, -0.1) is 0 Å². The number of benzene rings is 2. The van der Waals surface area contributed by atoms with Gasteiger partial charge in [-0.05, 0) is 53.0 Å². The molecule has 2 aromatic carbocycles. The normalized spacial score (nSPS) is 17.4. The fraction of sp³-hybridized carbons (Fsp3) is 0.440. The molecule has 130 valence electrons. The standard InChI is InChI=1S/C25H30/c1-2-7-19-12-14-22(15-13-19)24-11-6-10-23-17-21(18-25(23)24)16-20-8-4-3-5-9-20/h6,10-15,18,20H,2-5,7-9,16-17H2,1H3. The Kier molecular flexibility index (Phi) is 5.06. The molecule has 0 nitrogen and oxygen atoms in total. The molecule has 1 fully saturated rings. The topological polar surface area (TPSA) is 0 Å². The molecule has 0 radical (unpaired) electrons. The zero-order chi connectivity index (χ0) is 17.1. The lowest BCUT2D eigenvalue weighted by Crippen LogP contribution is -2.07. The molecule has 0 bridgehead atoms. The van der Waals surface area contributed by atoms with E-state index in [1.165, 1.54) is 85.6 Å². The second-order valence-electron chi connectivity index (χ2n) is 8.01. The van der Waals surface area contributed by atoms with Crippen molar-refractivity contribution in [3.05, 3.63) is 64.7 Å². The number of fused-ring (bicyclic) bond motifs is 1. The maximum Gasteiger partial charge on any atom is -0.00575 e. The van der Waals surface area contributed by atoms with Gasteiger partial charge in [-0.3, -0.25) is 0 Å². The van der Waals surface area contributed by atoms with Gasteiger partial charge in [0.2, 0.25) is 0 Å². The van der Waals surface area contributed by atoms with Crippen molar-refractivity contribution in [2.75, 3.05) is 0 Å². The van der Waals surface area contributed by atoms with Gasteiger partial charge < -0.3 is 0 Å². The Morgan fingerprint density at radius 3 is 2.48 bits per heavy atom. The first-order valence-electron chi connectivity index (χ1n) is 10.2. The molecule has 0 atom stereocenters. The summed E-state index contributed by atoms with van der Waals surface area (Å²) < 4.78 is 0. The van der Waals surface area contributed by atoms with Crippen LogP contribution in [0.1, 0.15) is 68.6 Å². The van der Waals surface area contributed by atoms with Crippen molar-refractivity contribution in [3.8, 4) is 11.1 Å². The molecule has 0 spiro atoms. The Hall–Kier alpha value is -1.82. The molecule has 4 rings (SSSR count). The molecule has 2 aliphatic carbocycles. The summed E-state index contributed by atoms with van der Waals surface area (Å²) in [6.45, 7) is 2.25. The van der Waals surface area contributed by atoms with Gasteiger partial charge in [0.25, 0.3) is 0 Å². The van der Waals surface area contributed by atoms with E-state index in [-0.39, 0.29) is 0 Å².